The Morgan fingerprint density at radius 3 is 2.59 bits per heavy atom. The van der Waals surface area contributed by atoms with Gasteiger partial charge in [-0.2, -0.15) is 0 Å². The standard InChI is InChI=1S/C14H14O3/c15-4-3-11-2-1-10(6-13-8-16-13)5-12(11)7-14-9-17-14/h1-3,5,13-14H,6-9H2. The Morgan fingerprint density at radius 2 is 1.94 bits per heavy atom. The van der Waals surface area contributed by atoms with E-state index in [0.717, 1.165) is 31.6 Å². The van der Waals surface area contributed by atoms with E-state index >= 15 is 0 Å². The molecule has 0 aliphatic carbocycles. The van der Waals surface area contributed by atoms with Gasteiger partial charge in [0.15, 0.2) is 0 Å². The number of benzene rings is 1. The Kier molecular flexibility index (Phi) is 2.81. The molecule has 0 radical (unpaired) electrons. The van der Waals surface area contributed by atoms with Crippen molar-refractivity contribution in [2.45, 2.75) is 25.0 Å². The fourth-order valence-corrected chi connectivity index (χ4v) is 2.05. The monoisotopic (exact) mass is 230 g/mol. The first kappa shape index (κ1) is 10.7. The predicted molar refractivity (Wildman–Crippen MR) is 63.5 cm³/mol. The molecule has 2 fully saturated rings. The summed E-state index contributed by atoms with van der Waals surface area (Å²) in [6.45, 7) is 1.71. The van der Waals surface area contributed by atoms with Gasteiger partial charge in [0.2, 0.25) is 0 Å². The molecule has 2 atom stereocenters. The van der Waals surface area contributed by atoms with Crippen LogP contribution >= 0.6 is 0 Å². The van der Waals surface area contributed by atoms with Crippen molar-refractivity contribution in [1.82, 2.24) is 0 Å². The summed E-state index contributed by atoms with van der Waals surface area (Å²) < 4.78 is 10.5. The summed E-state index contributed by atoms with van der Waals surface area (Å²) in [7, 11) is 0. The van der Waals surface area contributed by atoms with E-state index in [1.165, 1.54) is 17.2 Å². The highest BCUT2D eigenvalue weighted by atomic mass is 16.6. The number of rotatable bonds is 5. The van der Waals surface area contributed by atoms with E-state index in [4.69, 9.17) is 9.47 Å². The van der Waals surface area contributed by atoms with Gasteiger partial charge >= 0.3 is 0 Å². The highest BCUT2D eigenvalue weighted by Gasteiger charge is 2.25. The summed E-state index contributed by atoms with van der Waals surface area (Å²) in [5.74, 6) is 1.85. The van der Waals surface area contributed by atoms with E-state index in [1.807, 2.05) is 12.0 Å². The van der Waals surface area contributed by atoms with Crippen molar-refractivity contribution in [2.75, 3.05) is 13.2 Å². The zero-order chi connectivity index (χ0) is 11.7. The van der Waals surface area contributed by atoms with E-state index in [0.29, 0.717) is 12.2 Å². The van der Waals surface area contributed by atoms with E-state index in [2.05, 4.69) is 12.1 Å². The maximum atomic E-state index is 10.5. The Bertz CT molecular complexity index is 466. The molecule has 1 aromatic carbocycles. The van der Waals surface area contributed by atoms with Crippen molar-refractivity contribution in [3.8, 4) is 0 Å². The van der Waals surface area contributed by atoms with Crippen molar-refractivity contribution in [2.24, 2.45) is 0 Å². The summed E-state index contributed by atoms with van der Waals surface area (Å²) in [4.78, 5) is 10.5. The Hall–Kier alpha value is -1.41. The van der Waals surface area contributed by atoms with Gasteiger partial charge in [-0.15, -0.1) is 0 Å². The first-order chi connectivity index (χ1) is 8.35. The van der Waals surface area contributed by atoms with Crippen LogP contribution in [0.4, 0.5) is 0 Å². The topological polar surface area (TPSA) is 42.1 Å². The normalized spacial score (nSPS) is 25.2. The van der Waals surface area contributed by atoms with Gasteiger partial charge in [-0.1, -0.05) is 18.2 Å². The average molecular weight is 230 g/mol. The number of hydrogen-bond acceptors (Lipinski definition) is 3. The molecule has 3 nitrogen and oxygen atoms in total. The molecule has 3 rings (SSSR count). The summed E-state index contributed by atoms with van der Waals surface area (Å²) >= 11 is 0. The lowest BCUT2D eigenvalue weighted by Crippen LogP contribution is -2.00. The lowest BCUT2D eigenvalue weighted by molar-refractivity contribution is 0.406. The summed E-state index contributed by atoms with van der Waals surface area (Å²) in [5, 5.41) is 0. The molecule has 3 heteroatoms. The van der Waals surface area contributed by atoms with Gasteiger partial charge in [0, 0.05) is 18.9 Å². The third-order valence-electron chi connectivity index (χ3n) is 3.14. The smallest absolute Gasteiger partial charge is 0.125 e. The molecule has 2 unspecified atom stereocenters. The van der Waals surface area contributed by atoms with Crippen LogP contribution in [0.25, 0.3) is 6.08 Å². The molecule has 0 amide bonds. The van der Waals surface area contributed by atoms with E-state index in [9.17, 15) is 4.79 Å². The first-order valence-corrected chi connectivity index (χ1v) is 5.91. The van der Waals surface area contributed by atoms with Gasteiger partial charge in [-0.3, -0.25) is 0 Å². The van der Waals surface area contributed by atoms with Crippen molar-refractivity contribution in [3.05, 3.63) is 34.9 Å². The van der Waals surface area contributed by atoms with Crippen LogP contribution in [0.5, 0.6) is 0 Å². The lowest BCUT2D eigenvalue weighted by Gasteiger charge is -2.06. The maximum Gasteiger partial charge on any atom is 0.125 e. The second-order valence-corrected chi connectivity index (χ2v) is 4.61. The van der Waals surface area contributed by atoms with Gasteiger partial charge in [0.1, 0.15) is 5.94 Å². The second kappa shape index (κ2) is 4.46. The summed E-state index contributed by atoms with van der Waals surface area (Å²) in [5.41, 5.74) is 3.40. The van der Waals surface area contributed by atoms with Crippen molar-refractivity contribution in [1.29, 1.82) is 0 Å². The second-order valence-electron chi connectivity index (χ2n) is 4.61. The fraction of sp³-hybridized carbons (Fsp3) is 0.429. The molecule has 17 heavy (non-hydrogen) atoms. The molecule has 0 saturated carbocycles. The molecule has 0 aromatic heterocycles. The third kappa shape index (κ3) is 2.83. The number of epoxide rings is 2. The molecule has 2 aliphatic heterocycles. The van der Waals surface area contributed by atoms with Crippen LogP contribution in [0.2, 0.25) is 0 Å². The number of carbonyl (C=O) groups excluding carboxylic acids is 1. The molecule has 88 valence electrons. The Morgan fingerprint density at radius 1 is 1.24 bits per heavy atom. The van der Waals surface area contributed by atoms with E-state index in [-0.39, 0.29) is 0 Å². The van der Waals surface area contributed by atoms with Gasteiger partial charge < -0.3 is 9.47 Å². The van der Waals surface area contributed by atoms with Crippen LogP contribution < -0.4 is 0 Å². The first-order valence-electron chi connectivity index (χ1n) is 5.91. The molecule has 2 heterocycles. The van der Waals surface area contributed by atoms with Crippen LogP contribution in [0, 0.1) is 0 Å². The van der Waals surface area contributed by atoms with Crippen LogP contribution in [-0.4, -0.2) is 31.4 Å². The minimum atomic E-state index is 0.334. The minimum absolute atomic E-state index is 0.334. The number of hydrogen-bond donors (Lipinski definition) is 0. The van der Waals surface area contributed by atoms with Crippen LogP contribution in [0.1, 0.15) is 16.7 Å². The number of ether oxygens (including phenoxy) is 2. The van der Waals surface area contributed by atoms with Crippen molar-refractivity contribution in [3.63, 3.8) is 0 Å². The van der Waals surface area contributed by atoms with Gasteiger partial charge in [-0.25, -0.2) is 4.79 Å². The highest BCUT2D eigenvalue weighted by molar-refractivity contribution is 5.76. The highest BCUT2D eigenvalue weighted by Crippen LogP contribution is 2.23. The molecule has 2 aliphatic rings. The van der Waals surface area contributed by atoms with E-state index < -0.39 is 0 Å². The van der Waals surface area contributed by atoms with Gasteiger partial charge in [0.25, 0.3) is 0 Å². The quantitative estimate of drug-likeness (QED) is 0.567. The molecule has 2 saturated heterocycles. The fourth-order valence-electron chi connectivity index (χ4n) is 2.05. The molecule has 0 spiro atoms. The molecule has 0 bridgehead atoms. The Labute approximate surface area is 100 Å². The van der Waals surface area contributed by atoms with Gasteiger partial charge in [-0.05, 0) is 16.7 Å². The summed E-state index contributed by atoms with van der Waals surface area (Å²) in [6.07, 6.45) is 4.07. The zero-order valence-electron chi connectivity index (χ0n) is 9.52. The SMILES string of the molecule is O=C=Cc1ccc(CC2CO2)cc1CC1CO1. The van der Waals surface area contributed by atoms with E-state index in [1.54, 1.807) is 0 Å². The van der Waals surface area contributed by atoms with Crippen molar-refractivity contribution < 1.29 is 14.3 Å². The zero-order valence-corrected chi connectivity index (χ0v) is 9.52. The lowest BCUT2D eigenvalue weighted by atomic mass is 9.98. The van der Waals surface area contributed by atoms with Crippen LogP contribution in [-0.2, 0) is 27.1 Å². The molecular weight excluding hydrogens is 216 g/mol. The maximum absolute atomic E-state index is 10.5. The van der Waals surface area contributed by atoms with Crippen molar-refractivity contribution >= 4 is 12.0 Å². The molecule has 0 N–H and O–H groups in total. The largest absolute Gasteiger partial charge is 0.373 e. The third-order valence-corrected chi connectivity index (χ3v) is 3.14. The van der Waals surface area contributed by atoms with Crippen LogP contribution in [0.3, 0.4) is 0 Å². The Balaban J connectivity index is 1.84. The predicted octanol–water partition coefficient (Wildman–Crippen LogP) is 1.41. The molecular formula is C14H14O3. The van der Waals surface area contributed by atoms with Gasteiger partial charge in [0.05, 0.1) is 25.4 Å². The average Bonchev–Trinajstić information content (AvgIpc) is 3.17. The molecule has 1 aromatic rings. The summed E-state index contributed by atoms with van der Waals surface area (Å²) in [6, 6.07) is 6.20. The van der Waals surface area contributed by atoms with Crippen LogP contribution in [0.15, 0.2) is 18.2 Å². The minimum Gasteiger partial charge on any atom is -0.373 e.